The molecule has 1 N–H and O–H groups in total. The summed E-state index contributed by atoms with van der Waals surface area (Å²) in [7, 11) is 1.34. The minimum absolute atomic E-state index is 0.0989. The van der Waals surface area contributed by atoms with E-state index in [-0.39, 0.29) is 17.0 Å². The SMILES string of the molecule is COc1ccc(C(=O)Nc2nc(-c3ccc(SC)cc3)cs2)cc1[N+](=O)[O-]. The number of nitro groups is 1. The minimum atomic E-state index is -0.588. The zero-order chi connectivity index (χ0) is 19.4. The van der Waals surface area contributed by atoms with Gasteiger partial charge in [-0.2, -0.15) is 0 Å². The van der Waals surface area contributed by atoms with E-state index in [2.05, 4.69) is 10.3 Å². The maximum Gasteiger partial charge on any atom is 0.311 e. The molecule has 1 aromatic heterocycles. The van der Waals surface area contributed by atoms with Crippen LogP contribution in [0.3, 0.4) is 0 Å². The van der Waals surface area contributed by atoms with Gasteiger partial charge in [0.05, 0.1) is 17.7 Å². The molecular formula is C18H15N3O4S2. The average molecular weight is 401 g/mol. The zero-order valence-electron chi connectivity index (χ0n) is 14.5. The molecule has 3 rings (SSSR count). The van der Waals surface area contributed by atoms with Crippen LogP contribution in [0.2, 0.25) is 0 Å². The summed E-state index contributed by atoms with van der Waals surface area (Å²) >= 11 is 2.95. The van der Waals surface area contributed by atoms with E-state index >= 15 is 0 Å². The Kier molecular flexibility index (Phi) is 5.72. The molecule has 0 radical (unpaired) electrons. The molecule has 138 valence electrons. The van der Waals surface area contributed by atoms with Crippen molar-refractivity contribution in [2.45, 2.75) is 4.90 Å². The predicted molar refractivity (Wildman–Crippen MR) is 107 cm³/mol. The van der Waals surface area contributed by atoms with Crippen molar-refractivity contribution in [3.05, 3.63) is 63.5 Å². The van der Waals surface area contributed by atoms with Crippen molar-refractivity contribution >= 4 is 39.8 Å². The van der Waals surface area contributed by atoms with E-state index in [1.807, 2.05) is 35.9 Å². The Bertz CT molecular complexity index is 987. The predicted octanol–water partition coefficient (Wildman–Crippen LogP) is 4.70. The van der Waals surface area contributed by atoms with Gasteiger partial charge in [-0.3, -0.25) is 20.2 Å². The van der Waals surface area contributed by atoms with Crippen molar-refractivity contribution in [3.8, 4) is 17.0 Å². The second-order valence-electron chi connectivity index (χ2n) is 5.36. The molecule has 0 saturated heterocycles. The van der Waals surface area contributed by atoms with Crippen LogP contribution in [0.1, 0.15) is 10.4 Å². The number of carbonyl (C=O) groups is 1. The number of nitro benzene ring substituents is 1. The second-order valence-corrected chi connectivity index (χ2v) is 7.10. The lowest BCUT2D eigenvalue weighted by molar-refractivity contribution is -0.385. The molecule has 0 fully saturated rings. The number of benzene rings is 2. The molecule has 0 aliphatic rings. The van der Waals surface area contributed by atoms with Gasteiger partial charge in [0.25, 0.3) is 5.91 Å². The zero-order valence-corrected chi connectivity index (χ0v) is 16.1. The molecule has 0 unspecified atom stereocenters. The van der Waals surface area contributed by atoms with Crippen molar-refractivity contribution < 1.29 is 14.5 Å². The maximum atomic E-state index is 12.4. The number of thioether (sulfide) groups is 1. The molecular weight excluding hydrogens is 386 g/mol. The summed E-state index contributed by atoms with van der Waals surface area (Å²) in [6.45, 7) is 0. The third-order valence-electron chi connectivity index (χ3n) is 3.75. The third-order valence-corrected chi connectivity index (χ3v) is 5.25. The highest BCUT2D eigenvalue weighted by molar-refractivity contribution is 7.98. The van der Waals surface area contributed by atoms with Crippen LogP contribution in [-0.2, 0) is 0 Å². The van der Waals surface area contributed by atoms with E-state index in [0.29, 0.717) is 5.13 Å². The van der Waals surface area contributed by atoms with Crippen LogP contribution in [0.4, 0.5) is 10.8 Å². The standard InChI is InChI=1S/C18H15N3O4S2/c1-25-16-8-5-12(9-15(16)21(23)24)17(22)20-18-19-14(10-27-18)11-3-6-13(26-2)7-4-11/h3-10H,1-2H3,(H,19,20,22). The van der Waals surface area contributed by atoms with E-state index in [9.17, 15) is 14.9 Å². The van der Waals surface area contributed by atoms with E-state index in [0.717, 1.165) is 16.2 Å². The van der Waals surface area contributed by atoms with Gasteiger partial charge >= 0.3 is 5.69 Å². The molecule has 7 nitrogen and oxygen atoms in total. The van der Waals surface area contributed by atoms with Crippen LogP contribution in [0.15, 0.2) is 52.7 Å². The minimum Gasteiger partial charge on any atom is -0.490 e. The molecule has 0 saturated carbocycles. The number of carbonyl (C=O) groups excluding carboxylic acids is 1. The van der Waals surface area contributed by atoms with Gasteiger partial charge in [-0.1, -0.05) is 12.1 Å². The molecule has 3 aromatic rings. The van der Waals surface area contributed by atoms with Gasteiger partial charge in [0.1, 0.15) is 0 Å². The van der Waals surface area contributed by atoms with Gasteiger partial charge in [0.15, 0.2) is 10.9 Å². The van der Waals surface area contributed by atoms with Crippen LogP contribution in [0, 0.1) is 10.1 Å². The molecule has 1 heterocycles. The maximum absolute atomic E-state index is 12.4. The molecule has 0 spiro atoms. The number of hydrogen-bond donors (Lipinski definition) is 1. The summed E-state index contributed by atoms with van der Waals surface area (Å²) in [6.07, 6.45) is 2.01. The number of methoxy groups -OCH3 is 1. The fourth-order valence-electron chi connectivity index (χ4n) is 2.37. The molecule has 9 heteroatoms. The number of thiazole rings is 1. The highest BCUT2D eigenvalue weighted by atomic mass is 32.2. The van der Waals surface area contributed by atoms with E-state index < -0.39 is 10.8 Å². The van der Waals surface area contributed by atoms with Crippen molar-refractivity contribution in [3.63, 3.8) is 0 Å². The molecule has 0 atom stereocenters. The van der Waals surface area contributed by atoms with E-state index in [4.69, 9.17) is 4.74 Å². The first-order valence-corrected chi connectivity index (χ1v) is 9.86. The number of aromatic nitrogens is 1. The fourth-order valence-corrected chi connectivity index (χ4v) is 3.49. The van der Waals surface area contributed by atoms with Crippen molar-refractivity contribution in [1.29, 1.82) is 0 Å². The lowest BCUT2D eigenvalue weighted by Crippen LogP contribution is -2.12. The number of nitrogens with one attached hydrogen (secondary N) is 1. The average Bonchev–Trinajstić information content (AvgIpc) is 3.15. The normalized spacial score (nSPS) is 10.4. The van der Waals surface area contributed by atoms with Gasteiger partial charge in [0.2, 0.25) is 0 Å². The summed E-state index contributed by atoms with van der Waals surface area (Å²) in [5, 5.41) is 16.0. The first-order valence-electron chi connectivity index (χ1n) is 7.75. The van der Waals surface area contributed by atoms with Crippen molar-refractivity contribution in [2.75, 3.05) is 18.7 Å². The highest BCUT2D eigenvalue weighted by Crippen LogP contribution is 2.29. The monoisotopic (exact) mass is 401 g/mol. The number of nitrogens with zero attached hydrogens (tertiary/aromatic N) is 2. The smallest absolute Gasteiger partial charge is 0.311 e. The second kappa shape index (κ2) is 8.19. The fraction of sp³-hybridized carbons (Fsp3) is 0.111. The first-order chi connectivity index (χ1) is 13.0. The van der Waals surface area contributed by atoms with E-state index in [1.54, 1.807) is 11.8 Å². The third kappa shape index (κ3) is 4.26. The largest absolute Gasteiger partial charge is 0.490 e. The molecule has 0 aliphatic carbocycles. The number of ether oxygens (including phenoxy) is 1. The Labute approximate surface area is 163 Å². The summed E-state index contributed by atoms with van der Waals surface area (Å²) in [6, 6.07) is 12.0. The summed E-state index contributed by atoms with van der Waals surface area (Å²) in [5.41, 5.74) is 1.59. The number of amides is 1. The van der Waals surface area contributed by atoms with Gasteiger partial charge in [0, 0.05) is 27.5 Å². The van der Waals surface area contributed by atoms with Gasteiger partial charge in [-0.15, -0.1) is 23.1 Å². The highest BCUT2D eigenvalue weighted by Gasteiger charge is 2.19. The van der Waals surface area contributed by atoms with Crippen LogP contribution < -0.4 is 10.1 Å². The molecule has 27 heavy (non-hydrogen) atoms. The quantitative estimate of drug-likeness (QED) is 0.365. The molecule has 0 bridgehead atoms. The van der Waals surface area contributed by atoms with E-state index in [1.165, 1.54) is 36.6 Å². The van der Waals surface area contributed by atoms with Crippen molar-refractivity contribution in [1.82, 2.24) is 4.98 Å². The Balaban J connectivity index is 1.77. The number of rotatable bonds is 6. The molecule has 0 aliphatic heterocycles. The Morgan fingerprint density at radius 2 is 2.00 bits per heavy atom. The Morgan fingerprint density at radius 3 is 2.63 bits per heavy atom. The van der Waals surface area contributed by atoms with Crippen LogP contribution in [-0.4, -0.2) is 29.2 Å². The van der Waals surface area contributed by atoms with Crippen LogP contribution >= 0.6 is 23.1 Å². The first kappa shape index (κ1) is 18.9. The summed E-state index contributed by atoms with van der Waals surface area (Å²) in [5.74, 6) is -0.374. The van der Waals surface area contributed by atoms with Gasteiger partial charge < -0.3 is 4.74 Å². The summed E-state index contributed by atoms with van der Waals surface area (Å²) < 4.78 is 4.94. The lowest BCUT2D eigenvalue weighted by atomic mass is 10.1. The lowest BCUT2D eigenvalue weighted by Gasteiger charge is -2.05. The molecule has 1 amide bonds. The Morgan fingerprint density at radius 1 is 1.26 bits per heavy atom. The van der Waals surface area contributed by atoms with Gasteiger partial charge in [-0.05, 0) is 30.5 Å². The summed E-state index contributed by atoms with van der Waals surface area (Å²) in [4.78, 5) is 28.5. The number of anilines is 1. The van der Waals surface area contributed by atoms with Crippen LogP contribution in [0.25, 0.3) is 11.3 Å². The Hall–Kier alpha value is -2.91. The van der Waals surface area contributed by atoms with Crippen LogP contribution in [0.5, 0.6) is 5.75 Å². The number of hydrogen-bond acceptors (Lipinski definition) is 7. The van der Waals surface area contributed by atoms with Gasteiger partial charge in [-0.25, -0.2) is 4.98 Å². The molecule has 2 aromatic carbocycles. The van der Waals surface area contributed by atoms with Crippen molar-refractivity contribution in [2.24, 2.45) is 0 Å². The topological polar surface area (TPSA) is 94.4 Å².